The Balaban J connectivity index is 1.61. The number of hydrogen-bond donors (Lipinski definition) is 1. The maximum absolute atomic E-state index is 13.4. The highest BCUT2D eigenvalue weighted by Gasteiger charge is 2.46. The lowest BCUT2D eigenvalue weighted by Crippen LogP contribution is -2.38. The third-order valence-corrected chi connectivity index (χ3v) is 5.98. The van der Waals surface area contributed by atoms with Gasteiger partial charge in [0.15, 0.2) is 6.04 Å². The largest absolute Gasteiger partial charge is 0.410 e. The van der Waals surface area contributed by atoms with Gasteiger partial charge in [-0.05, 0) is 39.0 Å². The number of nitrogens with one attached hydrogen (secondary N) is 1. The van der Waals surface area contributed by atoms with E-state index in [9.17, 15) is 18.0 Å². The van der Waals surface area contributed by atoms with Crippen molar-refractivity contribution in [2.75, 3.05) is 11.9 Å². The maximum atomic E-state index is 13.4. The fourth-order valence-electron chi connectivity index (χ4n) is 4.69. The summed E-state index contributed by atoms with van der Waals surface area (Å²) in [6.45, 7) is 2.43. The molecular formula is C18H25F3N4O. The molecule has 1 saturated carbocycles. The third kappa shape index (κ3) is 3.07. The van der Waals surface area contributed by atoms with Gasteiger partial charge in [0.2, 0.25) is 5.91 Å². The van der Waals surface area contributed by atoms with Crippen LogP contribution in [0.4, 0.5) is 19.0 Å². The molecule has 26 heavy (non-hydrogen) atoms. The molecule has 2 aliphatic heterocycles. The monoisotopic (exact) mass is 370 g/mol. The number of likely N-dealkylation sites (tertiary alicyclic amines) is 1. The summed E-state index contributed by atoms with van der Waals surface area (Å²) in [5, 5.41) is 7.42. The molecule has 3 heterocycles. The summed E-state index contributed by atoms with van der Waals surface area (Å²) < 4.78 is 41.4. The molecule has 0 bridgehead atoms. The molecule has 2 fully saturated rings. The summed E-state index contributed by atoms with van der Waals surface area (Å²) in [7, 11) is 0. The summed E-state index contributed by atoms with van der Waals surface area (Å²) in [6, 6.07) is -0.368. The van der Waals surface area contributed by atoms with Crippen molar-refractivity contribution in [2.45, 2.75) is 76.2 Å². The number of fused-ring (bicyclic) bond motifs is 1. The Morgan fingerprint density at radius 1 is 1.23 bits per heavy atom. The normalized spacial score (nSPS) is 29.7. The number of rotatable bonds is 2. The molecule has 3 aliphatic rings. The first kappa shape index (κ1) is 17.7. The molecule has 1 amide bonds. The van der Waals surface area contributed by atoms with E-state index in [1.54, 1.807) is 13.0 Å². The van der Waals surface area contributed by atoms with Gasteiger partial charge in [0, 0.05) is 24.6 Å². The van der Waals surface area contributed by atoms with Crippen LogP contribution in [0.25, 0.3) is 0 Å². The second-order valence-electron chi connectivity index (χ2n) is 7.91. The van der Waals surface area contributed by atoms with Crippen LogP contribution >= 0.6 is 0 Å². The van der Waals surface area contributed by atoms with Crippen LogP contribution in [-0.2, 0) is 4.79 Å². The van der Waals surface area contributed by atoms with Gasteiger partial charge in [0.25, 0.3) is 0 Å². The highest BCUT2D eigenvalue weighted by Crippen LogP contribution is 2.42. The van der Waals surface area contributed by atoms with E-state index in [0.717, 1.165) is 43.2 Å². The number of amides is 1. The van der Waals surface area contributed by atoms with E-state index in [1.165, 1.54) is 0 Å². The first-order valence-corrected chi connectivity index (χ1v) is 9.58. The van der Waals surface area contributed by atoms with Gasteiger partial charge in [0.1, 0.15) is 5.82 Å². The Kier molecular flexibility index (Phi) is 4.39. The molecule has 5 nitrogen and oxygen atoms in total. The Hall–Kier alpha value is -1.73. The average molecular weight is 370 g/mol. The minimum Gasteiger partial charge on any atom is -0.368 e. The number of alkyl halides is 3. The summed E-state index contributed by atoms with van der Waals surface area (Å²) in [6.07, 6.45) is 1.30. The molecule has 0 radical (unpaired) electrons. The summed E-state index contributed by atoms with van der Waals surface area (Å²) in [5.41, 5.74) is 0.583. The van der Waals surface area contributed by atoms with Crippen LogP contribution in [0.3, 0.4) is 0 Å². The summed E-state index contributed by atoms with van der Waals surface area (Å²) in [5.74, 6) is 0.639. The molecule has 1 aliphatic carbocycles. The van der Waals surface area contributed by atoms with Crippen LogP contribution in [0, 0.1) is 5.92 Å². The standard InChI is InChI=1S/C18H25F3N4O/c1-11-9-15(18(19,20)21)25-16(22-11)10-13(23-25)14-7-4-8-24(14)17(26)12-5-2-3-6-12/h10-12,14-15,22H,2-9H2,1H3/t11-,14-,15-/m1/s1. The van der Waals surface area contributed by atoms with E-state index in [2.05, 4.69) is 10.4 Å². The van der Waals surface area contributed by atoms with Crippen molar-refractivity contribution in [3.8, 4) is 0 Å². The Labute approximate surface area is 150 Å². The first-order valence-electron chi connectivity index (χ1n) is 9.58. The molecule has 3 atom stereocenters. The minimum atomic E-state index is -4.33. The predicted molar refractivity (Wildman–Crippen MR) is 90.7 cm³/mol. The number of aromatic nitrogens is 2. The van der Waals surface area contributed by atoms with E-state index in [1.807, 2.05) is 4.90 Å². The van der Waals surface area contributed by atoms with E-state index in [4.69, 9.17) is 0 Å². The highest BCUT2D eigenvalue weighted by atomic mass is 19.4. The Morgan fingerprint density at radius 3 is 2.65 bits per heavy atom. The zero-order chi connectivity index (χ0) is 18.5. The number of hydrogen-bond acceptors (Lipinski definition) is 3. The Morgan fingerprint density at radius 2 is 1.96 bits per heavy atom. The molecule has 0 spiro atoms. The Bertz CT molecular complexity index is 680. The maximum Gasteiger partial charge on any atom is 0.410 e. The van der Waals surface area contributed by atoms with Crippen molar-refractivity contribution in [3.05, 3.63) is 11.8 Å². The van der Waals surface area contributed by atoms with E-state index in [-0.39, 0.29) is 30.3 Å². The first-order chi connectivity index (χ1) is 12.3. The van der Waals surface area contributed by atoms with Gasteiger partial charge < -0.3 is 10.2 Å². The highest BCUT2D eigenvalue weighted by molar-refractivity contribution is 5.79. The van der Waals surface area contributed by atoms with Gasteiger partial charge in [-0.3, -0.25) is 4.79 Å². The van der Waals surface area contributed by atoms with Crippen LogP contribution in [0.1, 0.15) is 69.6 Å². The van der Waals surface area contributed by atoms with Crippen molar-refractivity contribution in [2.24, 2.45) is 5.92 Å². The van der Waals surface area contributed by atoms with Crippen molar-refractivity contribution in [1.82, 2.24) is 14.7 Å². The van der Waals surface area contributed by atoms with Gasteiger partial charge in [-0.2, -0.15) is 18.3 Å². The molecule has 1 N–H and O–H groups in total. The predicted octanol–water partition coefficient (Wildman–Crippen LogP) is 4.04. The van der Waals surface area contributed by atoms with E-state index >= 15 is 0 Å². The third-order valence-electron chi connectivity index (χ3n) is 5.98. The second-order valence-corrected chi connectivity index (χ2v) is 7.91. The number of nitrogens with zero attached hydrogens (tertiary/aromatic N) is 3. The quantitative estimate of drug-likeness (QED) is 0.855. The van der Waals surface area contributed by atoms with Gasteiger partial charge in [0.05, 0.1) is 11.7 Å². The van der Waals surface area contributed by atoms with Gasteiger partial charge >= 0.3 is 6.18 Å². The van der Waals surface area contributed by atoms with Crippen molar-refractivity contribution >= 4 is 11.7 Å². The second kappa shape index (κ2) is 6.46. The smallest absolute Gasteiger partial charge is 0.368 e. The summed E-state index contributed by atoms with van der Waals surface area (Å²) >= 11 is 0. The number of halogens is 3. The zero-order valence-corrected chi connectivity index (χ0v) is 14.9. The van der Waals surface area contributed by atoms with Crippen molar-refractivity contribution in [3.63, 3.8) is 0 Å². The topological polar surface area (TPSA) is 50.2 Å². The van der Waals surface area contributed by atoms with E-state index < -0.39 is 12.2 Å². The van der Waals surface area contributed by atoms with Crippen LogP contribution in [0.2, 0.25) is 0 Å². The molecule has 8 heteroatoms. The van der Waals surface area contributed by atoms with E-state index in [0.29, 0.717) is 18.1 Å². The lowest BCUT2D eigenvalue weighted by Gasteiger charge is -2.31. The van der Waals surface area contributed by atoms with Gasteiger partial charge in [-0.25, -0.2) is 4.68 Å². The molecule has 1 aromatic rings. The van der Waals surface area contributed by atoms with Crippen LogP contribution in [-0.4, -0.2) is 39.4 Å². The van der Waals surface area contributed by atoms with Crippen LogP contribution in [0.5, 0.6) is 0 Å². The molecule has 0 unspecified atom stereocenters. The fourth-order valence-corrected chi connectivity index (χ4v) is 4.69. The molecule has 1 aromatic heterocycles. The zero-order valence-electron chi connectivity index (χ0n) is 14.9. The average Bonchev–Trinajstić information content (AvgIpc) is 3.31. The summed E-state index contributed by atoms with van der Waals surface area (Å²) in [4.78, 5) is 14.7. The number of carbonyl (C=O) groups excluding carboxylic acids is 1. The SMILES string of the molecule is C[C@@H]1C[C@H](C(F)(F)F)n2nc([C@H]3CCCN3C(=O)C3CCCC3)cc2N1. The fraction of sp³-hybridized carbons (Fsp3) is 0.778. The number of anilines is 1. The molecule has 0 aromatic carbocycles. The van der Waals surface area contributed by atoms with Crippen LogP contribution < -0.4 is 5.32 Å². The van der Waals surface area contributed by atoms with Gasteiger partial charge in [-0.1, -0.05) is 12.8 Å². The van der Waals surface area contributed by atoms with Gasteiger partial charge in [-0.15, -0.1) is 0 Å². The lowest BCUT2D eigenvalue weighted by molar-refractivity contribution is -0.173. The molecule has 1 saturated heterocycles. The molecule has 144 valence electrons. The minimum absolute atomic E-state index is 0.0347. The van der Waals surface area contributed by atoms with Crippen LogP contribution in [0.15, 0.2) is 6.07 Å². The number of carbonyl (C=O) groups is 1. The lowest BCUT2D eigenvalue weighted by atomic mass is 10.0. The molecular weight excluding hydrogens is 345 g/mol. The molecule has 4 rings (SSSR count). The van der Waals surface area contributed by atoms with Crippen molar-refractivity contribution < 1.29 is 18.0 Å². The van der Waals surface area contributed by atoms with Crippen molar-refractivity contribution in [1.29, 1.82) is 0 Å².